The van der Waals surface area contributed by atoms with E-state index in [4.69, 9.17) is 32.5 Å². The molecule has 2 amide bonds. The van der Waals surface area contributed by atoms with Crippen molar-refractivity contribution in [3.05, 3.63) is 192 Å². The number of unbranched alkanes of at least 4 members (excludes halogenated alkanes) is 1. The standard InChI is InChI=1S/C68H86N2O11Si2/c1-51(71)76-44-25-42-69(41-23-24-45-80-83(68(5,6)7,57-31-19-13-20-32-57)58-33-21-14-22-34-58)65(73)63-59-47-55(37-40-61(59)81-64(63)54-35-38-56(39-36-54)77-49-52-27-15-11-16-28-52)60(48-62(72)75-8)70(43-26-46-79-82(9,10)67(2,3)4)66(74)78-50-53-29-17-12-18-30-53/h11-22,27-40,47,60,63-64H,23-26,41-46,48-50H2,1-10H3/t60-,63+,64-/m0/s1. The smallest absolute Gasteiger partial charge is 0.410 e. The van der Waals surface area contributed by atoms with Crippen molar-refractivity contribution in [3.8, 4) is 11.5 Å². The number of methoxy groups -OCH3 is 1. The number of ether oxygens (including phenoxy) is 5. The summed E-state index contributed by atoms with van der Waals surface area (Å²) in [5.41, 5.74) is 3.81. The van der Waals surface area contributed by atoms with Crippen LogP contribution in [0.15, 0.2) is 164 Å². The Morgan fingerprint density at radius 3 is 1.72 bits per heavy atom. The van der Waals surface area contributed by atoms with E-state index in [-0.39, 0.29) is 42.2 Å². The van der Waals surface area contributed by atoms with Crippen LogP contribution in [0.25, 0.3) is 0 Å². The first-order chi connectivity index (χ1) is 39.7. The zero-order valence-corrected chi connectivity index (χ0v) is 52.4. The van der Waals surface area contributed by atoms with Gasteiger partial charge in [-0.25, -0.2) is 4.79 Å². The second-order valence-electron chi connectivity index (χ2n) is 23.9. The second kappa shape index (κ2) is 29.5. The van der Waals surface area contributed by atoms with Gasteiger partial charge in [0, 0.05) is 45.3 Å². The van der Waals surface area contributed by atoms with Crippen molar-refractivity contribution in [1.82, 2.24) is 9.80 Å². The third kappa shape index (κ3) is 16.8. The second-order valence-corrected chi connectivity index (χ2v) is 33.0. The molecule has 1 aliphatic rings. The van der Waals surface area contributed by atoms with Crippen molar-refractivity contribution >= 4 is 50.9 Å². The summed E-state index contributed by atoms with van der Waals surface area (Å²) in [5.74, 6) is -0.824. The molecule has 0 fully saturated rings. The predicted molar refractivity (Wildman–Crippen MR) is 331 cm³/mol. The third-order valence-electron chi connectivity index (χ3n) is 16.0. The van der Waals surface area contributed by atoms with Crippen LogP contribution in [-0.4, -0.2) is 96.9 Å². The van der Waals surface area contributed by atoms with E-state index in [1.165, 1.54) is 24.4 Å². The lowest BCUT2D eigenvalue weighted by atomic mass is 9.87. The first-order valence-corrected chi connectivity index (χ1v) is 34.0. The third-order valence-corrected chi connectivity index (χ3v) is 25.6. The Hall–Kier alpha value is -7.05. The molecule has 0 saturated heterocycles. The molecular formula is C68H86N2O11Si2. The number of hydrogen-bond acceptors (Lipinski definition) is 11. The summed E-state index contributed by atoms with van der Waals surface area (Å²) in [6.07, 6.45) is 0.594. The molecule has 13 nitrogen and oxygen atoms in total. The maximum atomic E-state index is 15.9. The van der Waals surface area contributed by atoms with Crippen molar-refractivity contribution < 1.29 is 51.7 Å². The highest BCUT2D eigenvalue weighted by Gasteiger charge is 2.50. The minimum absolute atomic E-state index is 0.0207. The molecule has 0 aliphatic carbocycles. The Labute approximate surface area is 494 Å². The zero-order valence-electron chi connectivity index (χ0n) is 50.4. The number of nitrogens with zero attached hydrogens (tertiary/aromatic N) is 2. The Kier molecular flexibility index (Phi) is 22.6. The van der Waals surface area contributed by atoms with E-state index in [1.54, 1.807) is 4.90 Å². The number of carbonyl (C=O) groups excluding carboxylic acids is 4. The van der Waals surface area contributed by atoms with Crippen molar-refractivity contribution in [3.63, 3.8) is 0 Å². The summed E-state index contributed by atoms with van der Waals surface area (Å²) in [4.78, 5) is 59.5. The quantitative estimate of drug-likeness (QED) is 0.0201. The molecule has 7 rings (SSSR count). The number of carbonyl (C=O) groups is 4. The van der Waals surface area contributed by atoms with Crippen molar-refractivity contribution in [1.29, 1.82) is 0 Å². The summed E-state index contributed by atoms with van der Waals surface area (Å²) in [7, 11) is -3.64. The van der Waals surface area contributed by atoms with Gasteiger partial charge < -0.3 is 42.3 Å². The average Bonchev–Trinajstić information content (AvgIpc) is 3.98. The van der Waals surface area contributed by atoms with E-state index >= 15 is 4.79 Å². The lowest BCUT2D eigenvalue weighted by Crippen LogP contribution is -2.66. The van der Waals surface area contributed by atoms with Crippen LogP contribution < -0.4 is 19.8 Å². The van der Waals surface area contributed by atoms with Crippen LogP contribution in [0.3, 0.4) is 0 Å². The molecule has 0 radical (unpaired) electrons. The van der Waals surface area contributed by atoms with Gasteiger partial charge in [-0.3, -0.25) is 14.4 Å². The molecule has 83 heavy (non-hydrogen) atoms. The van der Waals surface area contributed by atoms with Gasteiger partial charge in [-0.15, -0.1) is 0 Å². The van der Waals surface area contributed by atoms with Crippen molar-refractivity contribution in [2.24, 2.45) is 0 Å². The van der Waals surface area contributed by atoms with Crippen molar-refractivity contribution in [2.45, 2.75) is 135 Å². The number of rotatable bonds is 28. The van der Waals surface area contributed by atoms with E-state index in [9.17, 15) is 14.4 Å². The molecule has 15 heteroatoms. The molecule has 6 aromatic carbocycles. The molecule has 3 atom stereocenters. The molecule has 1 aliphatic heterocycles. The molecule has 0 bridgehead atoms. The molecule has 0 aromatic heterocycles. The maximum Gasteiger partial charge on any atom is 0.410 e. The predicted octanol–water partition coefficient (Wildman–Crippen LogP) is 13.3. The Balaban J connectivity index is 1.24. The monoisotopic (exact) mass is 1160 g/mol. The zero-order chi connectivity index (χ0) is 59.6. The van der Waals surface area contributed by atoms with Crippen LogP contribution in [0, 0.1) is 0 Å². The Morgan fingerprint density at radius 1 is 0.602 bits per heavy atom. The van der Waals surface area contributed by atoms with Gasteiger partial charge in [-0.1, -0.05) is 181 Å². The number of amides is 2. The van der Waals surface area contributed by atoms with Gasteiger partial charge in [0.05, 0.1) is 26.2 Å². The molecule has 0 N–H and O–H groups in total. The van der Waals surface area contributed by atoms with Gasteiger partial charge in [0.15, 0.2) is 8.32 Å². The fourth-order valence-electron chi connectivity index (χ4n) is 10.5. The molecule has 0 saturated carbocycles. The van der Waals surface area contributed by atoms with Crippen LogP contribution in [0.2, 0.25) is 23.2 Å². The normalized spacial score (nSPS) is 14.6. The summed E-state index contributed by atoms with van der Waals surface area (Å²) in [6, 6.07) is 52.9. The Morgan fingerprint density at radius 2 is 1.16 bits per heavy atom. The van der Waals surface area contributed by atoms with Crippen LogP contribution in [0.5, 0.6) is 11.5 Å². The summed E-state index contributed by atoms with van der Waals surface area (Å²) >= 11 is 0. The summed E-state index contributed by atoms with van der Waals surface area (Å²) < 4.78 is 43.7. The maximum absolute atomic E-state index is 15.9. The Bertz CT molecular complexity index is 2970. The summed E-state index contributed by atoms with van der Waals surface area (Å²) in [5, 5.41) is 2.15. The van der Waals surface area contributed by atoms with Crippen LogP contribution in [0.4, 0.5) is 4.79 Å². The van der Waals surface area contributed by atoms with E-state index in [0.717, 1.165) is 16.7 Å². The number of fused-ring (bicyclic) bond motifs is 1. The molecule has 6 aromatic rings. The van der Waals surface area contributed by atoms with Crippen LogP contribution in [0.1, 0.15) is 126 Å². The topological polar surface area (TPSA) is 139 Å². The number of hydrogen-bond donors (Lipinski definition) is 0. The lowest BCUT2D eigenvalue weighted by Gasteiger charge is -2.43. The average molecular weight is 1160 g/mol. The minimum Gasteiger partial charge on any atom is -0.489 e. The van der Waals surface area contributed by atoms with Gasteiger partial charge >= 0.3 is 18.0 Å². The molecular weight excluding hydrogens is 1080 g/mol. The van der Waals surface area contributed by atoms with Gasteiger partial charge in [-0.05, 0) is 106 Å². The van der Waals surface area contributed by atoms with Gasteiger partial charge in [0.25, 0.3) is 8.32 Å². The SMILES string of the molecule is COC(=O)C[C@@H](c1ccc2c(c1)[C@@H](C(=O)N(CCCCO[Si](c1ccccc1)(c1ccccc1)C(C)(C)C)CCCOC(C)=O)[C@H](c1ccc(OCc3ccccc3)cc1)O2)N(CCCO[Si](C)(C)C(C)(C)C)C(=O)OCc1ccccc1. The van der Waals surface area contributed by atoms with Crippen LogP contribution in [-0.2, 0) is 50.7 Å². The van der Waals surface area contributed by atoms with Gasteiger partial charge in [0.2, 0.25) is 5.91 Å². The largest absolute Gasteiger partial charge is 0.489 e. The minimum atomic E-state index is -2.83. The fourth-order valence-corrected chi connectivity index (χ4v) is 16.2. The number of esters is 2. The van der Waals surface area contributed by atoms with E-state index in [0.29, 0.717) is 81.2 Å². The van der Waals surface area contributed by atoms with Gasteiger partial charge in [-0.2, -0.15) is 0 Å². The highest BCUT2D eigenvalue weighted by Crippen LogP contribution is 2.49. The van der Waals surface area contributed by atoms with Gasteiger partial charge in [0.1, 0.15) is 36.7 Å². The van der Waals surface area contributed by atoms with E-state index in [2.05, 4.69) is 103 Å². The number of benzene rings is 6. The van der Waals surface area contributed by atoms with E-state index in [1.807, 2.05) is 120 Å². The first-order valence-electron chi connectivity index (χ1n) is 29.1. The molecule has 0 unspecified atom stereocenters. The lowest BCUT2D eigenvalue weighted by molar-refractivity contribution is -0.142. The molecule has 1 heterocycles. The summed E-state index contributed by atoms with van der Waals surface area (Å²) in [6.45, 7) is 21.4. The molecule has 0 spiro atoms. The highest BCUT2D eigenvalue weighted by atomic mass is 28.4. The molecule has 442 valence electrons. The van der Waals surface area contributed by atoms with Crippen molar-refractivity contribution in [2.75, 3.05) is 46.6 Å². The van der Waals surface area contributed by atoms with Crippen LogP contribution >= 0.6 is 0 Å². The highest BCUT2D eigenvalue weighted by molar-refractivity contribution is 6.99. The first kappa shape index (κ1) is 63.5. The van der Waals surface area contributed by atoms with E-state index < -0.39 is 52.7 Å². The fraction of sp³-hybridized carbons (Fsp3) is 0.412.